The summed E-state index contributed by atoms with van der Waals surface area (Å²) in [5.41, 5.74) is 3.86. The summed E-state index contributed by atoms with van der Waals surface area (Å²) < 4.78 is 5.24. The molecule has 18 heavy (non-hydrogen) atoms. The molecule has 0 spiro atoms. The number of piperidine rings is 1. The van der Waals surface area contributed by atoms with Crippen LogP contribution in [0.25, 0.3) is 0 Å². The van der Waals surface area contributed by atoms with Gasteiger partial charge in [0.1, 0.15) is 0 Å². The van der Waals surface area contributed by atoms with Gasteiger partial charge in [0.25, 0.3) is 0 Å². The van der Waals surface area contributed by atoms with Crippen LogP contribution in [-0.4, -0.2) is 26.8 Å². The molecule has 0 radical (unpaired) electrons. The lowest BCUT2D eigenvalue weighted by molar-refractivity contribution is 0.139. The summed E-state index contributed by atoms with van der Waals surface area (Å²) in [6.07, 6.45) is 2.45. The number of nitrogens with zero attached hydrogens (tertiary/aromatic N) is 1. The lowest BCUT2D eigenvalue weighted by Crippen LogP contribution is -2.35. The second-order valence-electron chi connectivity index (χ2n) is 5.13. The first-order valence-electron chi connectivity index (χ1n) is 6.64. The Morgan fingerprint density at radius 3 is 2.61 bits per heavy atom. The molecule has 0 atom stereocenters. The molecule has 0 N–H and O–H groups in total. The van der Waals surface area contributed by atoms with Crippen molar-refractivity contribution in [1.82, 2.24) is 0 Å². The number of hydrogen-bond donors (Lipinski definition) is 0. The minimum Gasteiger partial charge on any atom is -0.384 e. The summed E-state index contributed by atoms with van der Waals surface area (Å²) in [7, 11) is 1.79. The van der Waals surface area contributed by atoms with Crippen molar-refractivity contribution in [3.05, 3.63) is 29.3 Å². The Kier molecular flexibility index (Phi) is 4.90. The van der Waals surface area contributed by atoms with Crippen molar-refractivity contribution >= 4 is 17.3 Å². The van der Waals surface area contributed by atoms with Gasteiger partial charge < -0.3 is 9.64 Å². The van der Waals surface area contributed by atoms with E-state index >= 15 is 0 Å². The first-order valence-corrected chi connectivity index (χ1v) is 7.17. The third-order valence-corrected chi connectivity index (χ3v) is 4.14. The molecule has 1 heterocycles. The van der Waals surface area contributed by atoms with Crippen molar-refractivity contribution in [2.75, 3.05) is 31.7 Å². The van der Waals surface area contributed by atoms with Crippen LogP contribution < -0.4 is 4.90 Å². The second kappa shape index (κ2) is 6.44. The van der Waals surface area contributed by atoms with Crippen LogP contribution >= 0.6 is 11.6 Å². The number of rotatable bonds is 4. The van der Waals surface area contributed by atoms with E-state index < -0.39 is 0 Å². The number of hydrogen-bond acceptors (Lipinski definition) is 2. The predicted octanol–water partition coefficient (Wildman–Crippen LogP) is 3.60. The number of ether oxygens (including phenoxy) is 1. The van der Waals surface area contributed by atoms with Gasteiger partial charge >= 0.3 is 0 Å². The normalized spacial score (nSPS) is 17.2. The van der Waals surface area contributed by atoms with Crippen LogP contribution in [-0.2, 0) is 10.6 Å². The van der Waals surface area contributed by atoms with E-state index in [0.29, 0.717) is 5.88 Å². The molecule has 0 saturated carbocycles. The predicted molar refractivity (Wildman–Crippen MR) is 77.5 cm³/mol. The largest absolute Gasteiger partial charge is 0.384 e. The Bertz CT molecular complexity index is 386. The fourth-order valence-corrected chi connectivity index (χ4v) is 2.92. The molecule has 2 nitrogen and oxygen atoms in total. The highest BCUT2D eigenvalue weighted by atomic mass is 35.5. The van der Waals surface area contributed by atoms with E-state index in [9.17, 15) is 0 Å². The van der Waals surface area contributed by atoms with Gasteiger partial charge in [0.2, 0.25) is 0 Å². The Labute approximate surface area is 115 Å². The van der Waals surface area contributed by atoms with Crippen LogP contribution in [0.5, 0.6) is 0 Å². The minimum atomic E-state index is 0.599. The number of methoxy groups -OCH3 is 1. The lowest BCUT2D eigenvalue weighted by Gasteiger charge is -2.33. The SMILES string of the molecule is COCC1CCN(c2ccc(CCl)c(C)c2)CC1. The van der Waals surface area contributed by atoms with Crippen molar-refractivity contribution in [2.24, 2.45) is 5.92 Å². The van der Waals surface area contributed by atoms with Crippen LogP contribution in [0.4, 0.5) is 5.69 Å². The standard InChI is InChI=1S/C15H22ClNO/c1-12-9-15(4-3-14(12)10-16)17-7-5-13(6-8-17)11-18-2/h3-4,9,13H,5-8,10-11H2,1-2H3. The maximum absolute atomic E-state index is 5.90. The Morgan fingerprint density at radius 1 is 1.33 bits per heavy atom. The number of anilines is 1. The third-order valence-electron chi connectivity index (χ3n) is 3.85. The van der Waals surface area contributed by atoms with E-state index in [2.05, 4.69) is 30.0 Å². The summed E-state index contributed by atoms with van der Waals surface area (Å²) in [4.78, 5) is 2.47. The Hall–Kier alpha value is -0.730. The molecule has 0 aromatic heterocycles. The second-order valence-corrected chi connectivity index (χ2v) is 5.40. The smallest absolute Gasteiger partial charge is 0.0491 e. The monoisotopic (exact) mass is 267 g/mol. The summed E-state index contributed by atoms with van der Waals surface area (Å²) in [5, 5.41) is 0. The van der Waals surface area contributed by atoms with E-state index in [1.165, 1.54) is 29.7 Å². The Morgan fingerprint density at radius 2 is 2.06 bits per heavy atom. The van der Waals surface area contributed by atoms with Gasteiger partial charge in [-0.3, -0.25) is 0 Å². The van der Waals surface area contributed by atoms with E-state index in [1.807, 2.05) is 0 Å². The van der Waals surface area contributed by atoms with Crippen molar-refractivity contribution in [2.45, 2.75) is 25.6 Å². The summed E-state index contributed by atoms with van der Waals surface area (Å²) >= 11 is 5.90. The fraction of sp³-hybridized carbons (Fsp3) is 0.600. The molecule has 100 valence electrons. The average Bonchev–Trinajstić information content (AvgIpc) is 2.40. The van der Waals surface area contributed by atoms with E-state index in [0.717, 1.165) is 25.6 Å². The van der Waals surface area contributed by atoms with Gasteiger partial charge in [0.05, 0.1) is 0 Å². The van der Waals surface area contributed by atoms with Crippen molar-refractivity contribution in [1.29, 1.82) is 0 Å². The molecule has 1 saturated heterocycles. The maximum Gasteiger partial charge on any atom is 0.0491 e. The first kappa shape index (κ1) is 13.7. The third kappa shape index (κ3) is 3.18. The van der Waals surface area contributed by atoms with Crippen LogP contribution in [0.2, 0.25) is 0 Å². The van der Waals surface area contributed by atoms with Crippen LogP contribution in [0, 0.1) is 12.8 Å². The van der Waals surface area contributed by atoms with Gasteiger partial charge in [-0.25, -0.2) is 0 Å². The average molecular weight is 268 g/mol. The zero-order chi connectivity index (χ0) is 13.0. The van der Waals surface area contributed by atoms with Crippen LogP contribution in [0.3, 0.4) is 0 Å². The molecule has 1 aromatic rings. The van der Waals surface area contributed by atoms with E-state index in [-0.39, 0.29) is 0 Å². The summed E-state index contributed by atoms with van der Waals surface area (Å²) in [6.45, 7) is 5.30. The fourth-order valence-electron chi connectivity index (χ4n) is 2.62. The molecule has 0 unspecified atom stereocenters. The highest BCUT2D eigenvalue weighted by molar-refractivity contribution is 6.17. The molecule has 1 fully saturated rings. The molecular weight excluding hydrogens is 246 g/mol. The van der Waals surface area contributed by atoms with E-state index in [4.69, 9.17) is 16.3 Å². The summed E-state index contributed by atoms with van der Waals surface area (Å²) in [6, 6.07) is 6.61. The van der Waals surface area contributed by atoms with Gasteiger partial charge in [-0.05, 0) is 48.9 Å². The topological polar surface area (TPSA) is 12.5 Å². The first-order chi connectivity index (χ1) is 8.74. The number of alkyl halides is 1. The quantitative estimate of drug-likeness (QED) is 0.773. The summed E-state index contributed by atoms with van der Waals surface area (Å²) in [5.74, 6) is 1.33. The van der Waals surface area contributed by atoms with Crippen LogP contribution in [0.15, 0.2) is 18.2 Å². The number of halogens is 1. The molecular formula is C15H22ClNO. The van der Waals surface area contributed by atoms with Gasteiger partial charge in [0.15, 0.2) is 0 Å². The highest BCUT2D eigenvalue weighted by Crippen LogP contribution is 2.25. The molecule has 1 aromatic carbocycles. The van der Waals surface area contributed by atoms with Crippen molar-refractivity contribution in [3.63, 3.8) is 0 Å². The van der Waals surface area contributed by atoms with Gasteiger partial charge in [-0.15, -0.1) is 11.6 Å². The highest BCUT2D eigenvalue weighted by Gasteiger charge is 2.19. The Balaban J connectivity index is 1.99. The molecule has 0 bridgehead atoms. The van der Waals surface area contributed by atoms with E-state index in [1.54, 1.807) is 7.11 Å². The molecule has 1 aliphatic rings. The number of benzene rings is 1. The van der Waals surface area contributed by atoms with Gasteiger partial charge in [0, 0.05) is 38.4 Å². The zero-order valence-electron chi connectivity index (χ0n) is 11.3. The van der Waals surface area contributed by atoms with Crippen LogP contribution in [0.1, 0.15) is 24.0 Å². The molecule has 0 amide bonds. The maximum atomic E-state index is 5.90. The van der Waals surface area contributed by atoms with Gasteiger partial charge in [-0.2, -0.15) is 0 Å². The molecule has 2 rings (SSSR count). The lowest BCUT2D eigenvalue weighted by atomic mass is 9.97. The van der Waals surface area contributed by atoms with Crippen molar-refractivity contribution in [3.8, 4) is 0 Å². The van der Waals surface area contributed by atoms with Crippen molar-refractivity contribution < 1.29 is 4.74 Å². The molecule has 1 aliphatic heterocycles. The van der Waals surface area contributed by atoms with Gasteiger partial charge in [-0.1, -0.05) is 6.07 Å². The minimum absolute atomic E-state index is 0.599. The molecule has 3 heteroatoms. The zero-order valence-corrected chi connectivity index (χ0v) is 12.0. The molecule has 0 aliphatic carbocycles. The number of aryl methyl sites for hydroxylation is 1.